The minimum absolute atomic E-state index is 0.0840. The Balaban J connectivity index is 2.15. The number of amides is 1. The van der Waals surface area contributed by atoms with Crippen molar-refractivity contribution in [2.45, 2.75) is 64.3 Å². The van der Waals surface area contributed by atoms with Crippen molar-refractivity contribution in [3.63, 3.8) is 0 Å². The normalized spacial score (nSPS) is 29.2. The fraction of sp³-hybridized carbons (Fsp3) is 0.857. The monoisotopic (exact) mass is 285 g/mol. The van der Waals surface area contributed by atoms with Gasteiger partial charge in [0.25, 0.3) is 0 Å². The highest BCUT2D eigenvalue weighted by atomic mass is 16.6. The van der Waals surface area contributed by atoms with Crippen LogP contribution in [0.4, 0.5) is 4.79 Å². The van der Waals surface area contributed by atoms with Gasteiger partial charge in [-0.2, -0.15) is 0 Å². The van der Waals surface area contributed by atoms with Crippen LogP contribution in [0.25, 0.3) is 0 Å². The van der Waals surface area contributed by atoms with Crippen LogP contribution >= 0.6 is 0 Å². The Kier molecular flexibility index (Phi) is 4.22. The van der Waals surface area contributed by atoms with Crippen molar-refractivity contribution in [1.82, 2.24) is 4.90 Å². The van der Waals surface area contributed by atoms with Gasteiger partial charge in [0.2, 0.25) is 0 Å². The lowest BCUT2D eigenvalue weighted by Gasteiger charge is -2.30. The third-order valence-corrected chi connectivity index (χ3v) is 3.49. The maximum Gasteiger partial charge on any atom is 0.411 e. The number of ether oxygens (including phenoxy) is 3. The Labute approximate surface area is 119 Å². The number of esters is 1. The van der Waals surface area contributed by atoms with Gasteiger partial charge >= 0.3 is 12.1 Å². The first-order valence-corrected chi connectivity index (χ1v) is 7.13. The summed E-state index contributed by atoms with van der Waals surface area (Å²) in [7, 11) is 0. The van der Waals surface area contributed by atoms with E-state index in [1.807, 2.05) is 20.8 Å². The Morgan fingerprint density at radius 2 is 2.05 bits per heavy atom. The second kappa shape index (κ2) is 5.60. The Bertz CT molecular complexity index is 390. The molecule has 0 bridgehead atoms. The van der Waals surface area contributed by atoms with Crippen LogP contribution in [0.15, 0.2) is 0 Å². The largest absolute Gasteiger partial charge is 0.464 e. The summed E-state index contributed by atoms with van der Waals surface area (Å²) in [6, 6.07) is -0.681. The first-order valence-electron chi connectivity index (χ1n) is 7.13. The molecule has 0 aromatic heterocycles. The first kappa shape index (κ1) is 15.1. The predicted molar refractivity (Wildman–Crippen MR) is 71.3 cm³/mol. The number of likely N-dealkylation sites (tertiary alicyclic amines) is 1. The van der Waals surface area contributed by atoms with Crippen LogP contribution < -0.4 is 0 Å². The zero-order valence-corrected chi connectivity index (χ0v) is 12.5. The number of fused-ring (bicyclic) bond motifs is 1. The van der Waals surface area contributed by atoms with Crippen molar-refractivity contribution >= 4 is 12.1 Å². The number of rotatable bonds is 2. The molecule has 3 unspecified atom stereocenters. The third-order valence-electron chi connectivity index (χ3n) is 3.49. The summed E-state index contributed by atoms with van der Waals surface area (Å²) in [5.41, 5.74) is -0.589. The van der Waals surface area contributed by atoms with Crippen molar-refractivity contribution < 1.29 is 23.8 Å². The van der Waals surface area contributed by atoms with Gasteiger partial charge in [-0.15, -0.1) is 0 Å². The Hall–Kier alpha value is -1.30. The molecule has 2 aliphatic rings. The van der Waals surface area contributed by atoms with E-state index in [4.69, 9.17) is 14.2 Å². The molecule has 1 amide bonds. The summed E-state index contributed by atoms with van der Waals surface area (Å²) in [5.74, 6) is -0.378. The number of carbonyl (C=O) groups excluding carboxylic acids is 2. The summed E-state index contributed by atoms with van der Waals surface area (Å²) in [6.45, 7) is 8.09. The molecule has 114 valence electrons. The summed E-state index contributed by atoms with van der Waals surface area (Å²) in [5, 5.41) is 0. The molecule has 0 spiro atoms. The van der Waals surface area contributed by atoms with E-state index in [2.05, 4.69) is 0 Å². The van der Waals surface area contributed by atoms with Crippen molar-refractivity contribution in [3.8, 4) is 0 Å². The van der Waals surface area contributed by atoms with Crippen LogP contribution in [0.3, 0.4) is 0 Å². The van der Waals surface area contributed by atoms with Crippen LogP contribution in [0.5, 0.6) is 0 Å². The molecule has 6 heteroatoms. The second-order valence-electron chi connectivity index (χ2n) is 6.16. The fourth-order valence-electron chi connectivity index (χ4n) is 2.77. The zero-order chi connectivity index (χ0) is 14.9. The van der Waals surface area contributed by atoms with E-state index in [9.17, 15) is 9.59 Å². The topological polar surface area (TPSA) is 65.1 Å². The van der Waals surface area contributed by atoms with Crippen molar-refractivity contribution in [2.24, 2.45) is 0 Å². The van der Waals surface area contributed by atoms with E-state index in [-0.39, 0.29) is 18.1 Å². The highest BCUT2D eigenvalue weighted by Gasteiger charge is 2.51. The standard InChI is InChI=1S/C14H23NO5/c1-5-18-12(16)10-8-11-9(6-7-19-11)15(10)13(17)20-14(2,3)4/h9-11H,5-8H2,1-4H3. The summed E-state index contributed by atoms with van der Waals surface area (Å²) in [4.78, 5) is 25.9. The minimum Gasteiger partial charge on any atom is -0.464 e. The van der Waals surface area contributed by atoms with Crippen LogP contribution in [0, 0.1) is 0 Å². The number of nitrogens with zero attached hydrogens (tertiary/aromatic N) is 1. The maximum absolute atomic E-state index is 12.4. The van der Waals surface area contributed by atoms with Crippen molar-refractivity contribution in [3.05, 3.63) is 0 Å². The smallest absolute Gasteiger partial charge is 0.411 e. The molecular weight excluding hydrogens is 262 g/mol. The van der Waals surface area contributed by atoms with Crippen molar-refractivity contribution in [1.29, 1.82) is 0 Å². The van der Waals surface area contributed by atoms with Gasteiger partial charge in [-0.05, 0) is 34.1 Å². The van der Waals surface area contributed by atoms with E-state index in [0.717, 1.165) is 6.42 Å². The molecule has 0 saturated carbocycles. The highest BCUT2D eigenvalue weighted by Crippen LogP contribution is 2.35. The lowest BCUT2D eigenvalue weighted by atomic mass is 10.1. The molecule has 0 aromatic rings. The minimum atomic E-state index is -0.597. The van der Waals surface area contributed by atoms with Crippen LogP contribution in [0.2, 0.25) is 0 Å². The number of carbonyl (C=O) groups is 2. The molecule has 2 rings (SSSR count). The molecule has 3 atom stereocenters. The lowest BCUT2D eigenvalue weighted by Crippen LogP contribution is -2.48. The van der Waals surface area contributed by atoms with E-state index in [0.29, 0.717) is 19.6 Å². The van der Waals surface area contributed by atoms with Gasteiger partial charge in [0.05, 0.1) is 18.8 Å². The van der Waals surface area contributed by atoms with Gasteiger partial charge in [-0.25, -0.2) is 9.59 Å². The second-order valence-corrected chi connectivity index (χ2v) is 6.16. The molecule has 2 fully saturated rings. The third kappa shape index (κ3) is 3.06. The van der Waals surface area contributed by atoms with Gasteiger partial charge in [0.15, 0.2) is 0 Å². The fourth-order valence-corrected chi connectivity index (χ4v) is 2.77. The molecule has 0 aromatic carbocycles. The lowest BCUT2D eigenvalue weighted by molar-refractivity contribution is -0.148. The SMILES string of the molecule is CCOC(=O)C1CC2OCCC2N1C(=O)OC(C)(C)C. The molecule has 0 radical (unpaired) electrons. The zero-order valence-electron chi connectivity index (χ0n) is 12.5. The molecule has 20 heavy (non-hydrogen) atoms. The van der Waals surface area contributed by atoms with Crippen LogP contribution in [-0.2, 0) is 19.0 Å². The molecule has 0 aliphatic carbocycles. The van der Waals surface area contributed by atoms with Gasteiger partial charge in [0, 0.05) is 13.0 Å². The van der Waals surface area contributed by atoms with Gasteiger partial charge in [-0.3, -0.25) is 4.90 Å². The molecule has 6 nitrogen and oxygen atoms in total. The average Bonchev–Trinajstić information content (AvgIpc) is 2.84. The molecule has 2 saturated heterocycles. The van der Waals surface area contributed by atoms with E-state index in [1.54, 1.807) is 6.92 Å². The quantitative estimate of drug-likeness (QED) is 0.723. The number of hydrogen-bond donors (Lipinski definition) is 0. The van der Waals surface area contributed by atoms with Crippen LogP contribution in [-0.4, -0.2) is 54.0 Å². The molecule has 0 N–H and O–H groups in total. The maximum atomic E-state index is 12.4. The van der Waals surface area contributed by atoms with Gasteiger partial charge < -0.3 is 14.2 Å². The average molecular weight is 285 g/mol. The Morgan fingerprint density at radius 3 is 2.65 bits per heavy atom. The van der Waals surface area contributed by atoms with E-state index < -0.39 is 17.7 Å². The Morgan fingerprint density at radius 1 is 1.35 bits per heavy atom. The first-order chi connectivity index (χ1) is 9.33. The molecule has 2 heterocycles. The van der Waals surface area contributed by atoms with Gasteiger partial charge in [0.1, 0.15) is 11.6 Å². The van der Waals surface area contributed by atoms with Crippen LogP contribution in [0.1, 0.15) is 40.5 Å². The van der Waals surface area contributed by atoms with Gasteiger partial charge in [-0.1, -0.05) is 0 Å². The van der Waals surface area contributed by atoms with E-state index in [1.165, 1.54) is 4.90 Å². The summed E-state index contributed by atoms with van der Waals surface area (Å²) in [6.07, 6.45) is 0.674. The molecule has 2 aliphatic heterocycles. The van der Waals surface area contributed by atoms with E-state index >= 15 is 0 Å². The number of hydrogen-bond acceptors (Lipinski definition) is 5. The molecular formula is C14H23NO5. The highest BCUT2D eigenvalue weighted by molar-refractivity contribution is 5.82. The summed E-state index contributed by atoms with van der Waals surface area (Å²) >= 11 is 0. The summed E-state index contributed by atoms with van der Waals surface area (Å²) < 4.78 is 16.1. The predicted octanol–water partition coefficient (Wildman–Crippen LogP) is 1.72. The van der Waals surface area contributed by atoms with Crippen molar-refractivity contribution in [2.75, 3.05) is 13.2 Å².